The lowest BCUT2D eigenvalue weighted by Crippen LogP contribution is -2.61. The van der Waals surface area contributed by atoms with Crippen molar-refractivity contribution in [2.45, 2.75) is 30.6 Å². The lowest BCUT2D eigenvalue weighted by molar-refractivity contribution is -0.246. The van der Waals surface area contributed by atoms with Gasteiger partial charge in [-0.2, -0.15) is 0 Å². The predicted octanol–water partition coefficient (Wildman–Crippen LogP) is -2.73. The standard InChI is InChI=1S/C6H14NO6P/c7-3-5(9)4(8)2(1-12-14-11)13-6(3)10/h2-6,8-11,14H,1,7H2/t2-,3-,4-,5-,6?/m1/s1. The maximum atomic E-state index is 9.43. The second-order valence-corrected chi connectivity index (χ2v) is 3.50. The molecule has 14 heavy (non-hydrogen) atoms. The quantitative estimate of drug-likeness (QED) is 0.331. The molecule has 0 saturated carbocycles. The van der Waals surface area contributed by atoms with Gasteiger partial charge < -0.3 is 35.2 Å². The zero-order valence-electron chi connectivity index (χ0n) is 7.28. The fourth-order valence-corrected chi connectivity index (χ4v) is 1.46. The van der Waals surface area contributed by atoms with Crippen molar-refractivity contribution in [3.63, 3.8) is 0 Å². The van der Waals surface area contributed by atoms with E-state index in [1.807, 2.05) is 0 Å². The Hall–Kier alpha value is 0.150. The lowest BCUT2D eigenvalue weighted by atomic mass is 9.98. The molecule has 6 atom stereocenters. The van der Waals surface area contributed by atoms with Gasteiger partial charge in [-0.25, -0.2) is 0 Å². The number of aliphatic hydroxyl groups excluding tert-OH is 3. The summed E-state index contributed by atoms with van der Waals surface area (Å²) in [6.07, 6.45) is -4.73. The summed E-state index contributed by atoms with van der Waals surface area (Å²) in [5.41, 5.74) is 5.33. The summed E-state index contributed by atoms with van der Waals surface area (Å²) in [7, 11) is -0.736. The van der Waals surface area contributed by atoms with Crippen molar-refractivity contribution in [3.8, 4) is 0 Å². The van der Waals surface area contributed by atoms with Gasteiger partial charge in [-0.15, -0.1) is 0 Å². The monoisotopic (exact) mass is 227 g/mol. The molecule has 1 aliphatic rings. The highest BCUT2D eigenvalue weighted by Crippen LogP contribution is 2.20. The van der Waals surface area contributed by atoms with Gasteiger partial charge in [0, 0.05) is 0 Å². The van der Waals surface area contributed by atoms with Crippen molar-refractivity contribution in [1.82, 2.24) is 0 Å². The molecule has 1 fully saturated rings. The van der Waals surface area contributed by atoms with Crippen LogP contribution in [0, 0.1) is 0 Å². The van der Waals surface area contributed by atoms with Gasteiger partial charge in [0.1, 0.15) is 18.3 Å². The molecule has 0 bridgehead atoms. The van der Waals surface area contributed by atoms with Crippen molar-refractivity contribution >= 4 is 9.03 Å². The maximum Gasteiger partial charge on any atom is 0.173 e. The Bertz CT molecular complexity index is 184. The topological polar surface area (TPSA) is 125 Å². The zero-order chi connectivity index (χ0) is 10.7. The molecule has 1 heterocycles. The second kappa shape index (κ2) is 5.29. The van der Waals surface area contributed by atoms with Crippen LogP contribution >= 0.6 is 9.03 Å². The predicted molar refractivity (Wildman–Crippen MR) is 47.4 cm³/mol. The Balaban J connectivity index is 2.52. The number of aliphatic hydroxyl groups is 3. The number of nitrogens with two attached hydrogens (primary N) is 1. The minimum atomic E-state index is -1.34. The van der Waals surface area contributed by atoms with E-state index in [2.05, 4.69) is 4.52 Å². The molecule has 1 saturated heterocycles. The zero-order valence-corrected chi connectivity index (χ0v) is 8.28. The van der Waals surface area contributed by atoms with Crippen LogP contribution in [-0.2, 0) is 9.26 Å². The van der Waals surface area contributed by atoms with Crippen LogP contribution in [0.4, 0.5) is 0 Å². The first-order valence-electron chi connectivity index (χ1n) is 4.04. The SMILES string of the molecule is N[C@H]1C(O)O[C@H](COPO)[C@@H](O)[C@@H]1O. The summed E-state index contributed by atoms with van der Waals surface area (Å²) in [5.74, 6) is 0. The highest BCUT2D eigenvalue weighted by molar-refractivity contribution is 7.24. The Morgan fingerprint density at radius 1 is 1.29 bits per heavy atom. The van der Waals surface area contributed by atoms with Crippen molar-refractivity contribution in [3.05, 3.63) is 0 Å². The first-order valence-corrected chi connectivity index (χ1v) is 4.89. The Morgan fingerprint density at radius 3 is 2.50 bits per heavy atom. The van der Waals surface area contributed by atoms with Gasteiger partial charge >= 0.3 is 0 Å². The number of hydrogen-bond acceptors (Lipinski definition) is 7. The normalized spacial score (nSPS) is 44.8. The molecule has 0 aromatic rings. The third-order valence-electron chi connectivity index (χ3n) is 2.08. The van der Waals surface area contributed by atoms with Crippen LogP contribution in [0.5, 0.6) is 0 Å². The molecule has 2 unspecified atom stereocenters. The Labute approximate surface area is 82.4 Å². The van der Waals surface area contributed by atoms with Gasteiger partial charge in [-0.1, -0.05) is 0 Å². The first-order chi connectivity index (χ1) is 6.57. The van der Waals surface area contributed by atoms with Crippen molar-refractivity contribution in [2.24, 2.45) is 5.73 Å². The maximum absolute atomic E-state index is 9.43. The average molecular weight is 227 g/mol. The Morgan fingerprint density at radius 2 is 1.93 bits per heavy atom. The molecule has 0 radical (unpaired) electrons. The van der Waals surface area contributed by atoms with E-state index in [0.29, 0.717) is 0 Å². The highest BCUT2D eigenvalue weighted by atomic mass is 31.1. The molecule has 6 N–H and O–H groups in total. The number of rotatable bonds is 3. The summed E-state index contributed by atoms with van der Waals surface area (Å²) in [6, 6.07) is -1.04. The largest absolute Gasteiger partial charge is 0.388 e. The molecule has 0 aliphatic carbocycles. The molecule has 0 spiro atoms. The van der Waals surface area contributed by atoms with E-state index < -0.39 is 39.7 Å². The van der Waals surface area contributed by atoms with Crippen LogP contribution in [-0.4, -0.2) is 57.5 Å². The summed E-state index contributed by atoms with van der Waals surface area (Å²) in [6.45, 7) is -0.114. The number of hydrogen-bond donors (Lipinski definition) is 5. The van der Waals surface area contributed by atoms with Gasteiger partial charge in [0.15, 0.2) is 15.3 Å². The molecular weight excluding hydrogens is 213 g/mol. The summed E-state index contributed by atoms with van der Waals surface area (Å²) >= 11 is 0. The molecule has 8 heteroatoms. The molecule has 1 aliphatic heterocycles. The van der Waals surface area contributed by atoms with E-state index >= 15 is 0 Å². The summed E-state index contributed by atoms with van der Waals surface area (Å²) in [5, 5.41) is 28.0. The van der Waals surface area contributed by atoms with Crippen LogP contribution in [0.3, 0.4) is 0 Å². The van der Waals surface area contributed by atoms with E-state index in [1.165, 1.54) is 0 Å². The smallest absolute Gasteiger partial charge is 0.173 e. The fraction of sp³-hybridized carbons (Fsp3) is 1.00. The molecular formula is C6H14NO6P. The van der Waals surface area contributed by atoms with E-state index in [1.54, 1.807) is 0 Å². The van der Waals surface area contributed by atoms with Gasteiger partial charge in [-0.05, 0) is 0 Å². The average Bonchev–Trinajstić information content (AvgIpc) is 2.18. The summed E-state index contributed by atoms with van der Waals surface area (Å²) < 4.78 is 9.48. The van der Waals surface area contributed by atoms with Gasteiger partial charge in [0.2, 0.25) is 0 Å². The van der Waals surface area contributed by atoms with Crippen LogP contribution in [0.25, 0.3) is 0 Å². The van der Waals surface area contributed by atoms with Gasteiger partial charge in [0.25, 0.3) is 0 Å². The third kappa shape index (κ3) is 2.59. The highest BCUT2D eigenvalue weighted by Gasteiger charge is 2.41. The van der Waals surface area contributed by atoms with E-state index in [4.69, 9.17) is 15.4 Å². The third-order valence-corrected chi connectivity index (χ3v) is 2.38. The van der Waals surface area contributed by atoms with Crippen molar-refractivity contribution < 1.29 is 29.5 Å². The van der Waals surface area contributed by atoms with Crippen LogP contribution in [0.1, 0.15) is 0 Å². The number of ether oxygens (including phenoxy) is 1. The molecule has 84 valence electrons. The molecule has 0 aromatic heterocycles. The minimum absolute atomic E-state index is 0.114. The molecule has 7 nitrogen and oxygen atoms in total. The second-order valence-electron chi connectivity index (χ2n) is 3.03. The van der Waals surface area contributed by atoms with E-state index in [9.17, 15) is 15.3 Å². The minimum Gasteiger partial charge on any atom is -0.388 e. The molecule has 0 amide bonds. The fourth-order valence-electron chi connectivity index (χ4n) is 1.22. The van der Waals surface area contributed by atoms with Crippen LogP contribution in [0.2, 0.25) is 0 Å². The van der Waals surface area contributed by atoms with Gasteiger partial charge in [0.05, 0.1) is 12.6 Å². The Kier molecular flexibility index (Phi) is 4.62. The van der Waals surface area contributed by atoms with Crippen molar-refractivity contribution in [2.75, 3.05) is 6.61 Å². The molecule has 1 rings (SSSR count). The van der Waals surface area contributed by atoms with E-state index in [-0.39, 0.29) is 6.61 Å². The van der Waals surface area contributed by atoms with Crippen LogP contribution in [0.15, 0.2) is 0 Å². The van der Waals surface area contributed by atoms with Gasteiger partial charge in [-0.3, -0.25) is 0 Å². The first kappa shape index (κ1) is 12.2. The van der Waals surface area contributed by atoms with E-state index in [0.717, 1.165) is 0 Å². The molecule has 0 aromatic carbocycles. The summed E-state index contributed by atoms with van der Waals surface area (Å²) in [4.78, 5) is 8.39. The lowest BCUT2D eigenvalue weighted by Gasteiger charge is -2.38. The van der Waals surface area contributed by atoms with Crippen LogP contribution < -0.4 is 5.73 Å². The van der Waals surface area contributed by atoms with Crippen molar-refractivity contribution in [1.29, 1.82) is 0 Å².